The van der Waals surface area contributed by atoms with Crippen LogP contribution in [0, 0.1) is 19.8 Å². The largest absolute Gasteiger partial charge is 0.507 e. The van der Waals surface area contributed by atoms with Gasteiger partial charge in [0, 0.05) is 0 Å². The lowest BCUT2D eigenvalue weighted by Crippen LogP contribution is -2.15. The van der Waals surface area contributed by atoms with Crippen molar-refractivity contribution in [2.75, 3.05) is 6.61 Å². The Bertz CT molecular complexity index is 643. The normalized spacial score (nSPS) is 14.1. The quantitative estimate of drug-likeness (QED) is 0.600. The summed E-state index contributed by atoms with van der Waals surface area (Å²) in [6.45, 7) is 13.8. The summed E-state index contributed by atoms with van der Waals surface area (Å²) < 4.78 is 0. The average molecular weight is 344 g/mol. The predicted octanol–water partition coefficient (Wildman–Crippen LogP) is 4.68. The highest BCUT2D eigenvalue weighted by Crippen LogP contribution is 2.26. The molecule has 25 heavy (non-hydrogen) atoms. The topological polar surface area (TPSA) is 60.7 Å². The van der Waals surface area contributed by atoms with Crippen molar-refractivity contribution in [1.29, 1.82) is 0 Å². The summed E-state index contributed by atoms with van der Waals surface area (Å²) in [5.41, 5.74) is 5.54. The van der Waals surface area contributed by atoms with Gasteiger partial charge in [-0.1, -0.05) is 38.2 Å². The van der Waals surface area contributed by atoms with Crippen LogP contribution in [-0.2, 0) is 0 Å². The highest BCUT2D eigenvalue weighted by atomic mass is 16.3. The molecule has 0 fully saturated rings. The second-order valence-electron chi connectivity index (χ2n) is 7.07. The van der Waals surface area contributed by atoms with Gasteiger partial charge < -0.3 is 15.3 Å². The molecule has 1 aromatic carbocycles. The van der Waals surface area contributed by atoms with Crippen molar-refractivity contribution >= 4 is 6.08 Å². The van der Waals surface area contributed by atoms with Gasteiger partial charge in [-0.25, -0.2) is 0 Å². The Balaban J connectivity index is 2.82. The Morgan fingerprint density at radius 2 is 1.76 bits per heavy atom. The number of aryl methyl sites for hydroxylation is 2. The number of allylic oxidation sites excluding steroid dienone is 1. The number of hydrogen-bond donors (Lipinski definition) is 3. The van der Waals surface area contributed by atoms with Gasteiger partial charge in [-0.3, -0.25) is 0 Å². The van der Waals surface area contributed by atoms with E-state index in [0.29, 0.717) is 12.2 Å². The molecule has 0 heterocycles. The van der Waals surface area contributed by atoms with E-state index in [2.05, 4.69) is 12.7 Å². The van der Waals surface area contributed by atoms with Crippen molar-refractivity contribution in [2.24, 2.45) is 5.92 Å². The van der Waals surface area contributed by atoms with Gasteiger partial charge in [-0.05, 0) is 79.5 Å². The fourth-order valence-corrected chi connectivity index (χ4v) is 2.86. The zero-order valence-electron chi connectivity index (χ0n) is 16.1. The molecule has 0 amide bonds. The zero-order chi connectivity index (χ0) is 19.1. The molecule has 0 saturated carbocycles. The van der Waals surface area contributed by atoms with Crippen LogP contribution < -0.4 is 0 Å². The van der Waals surface area contributed by atoms with E-state index in [9.17, 15) is 15.3 Å². The van der Waals surface area contributed by atoms with Gasteiger partial charge in [-0.2, -0.15) is 0 Å². The second kappa shape index (κ2) is 9.59. The van der Waals surface area contributed by atoms with Crippen LogP contribution in [-0.4, -0.2) is 28.0 Å². The van der Waals surface area contributed by atoms with Crippen LogP contribution >= 0.6 is 0 Å². The van der Waals surface area contributed by atoms with Gasteiger partial charge in [0.25, 0.3) is 0 Å². The van der Waals surface area contributed by atoms with Gasteiger partial charge in [-0.15, -0.1) is 0 Å². The van der Waals surface area contributed by atoms with Crippen LogP contribution in [0.5, 0.6) is 5.75 Å². The van der Waals surface area contributed by atoms with Crippen molar-refractivity contribution in [2.45, 2.75) is 53.6 Å². The van der Waals surface area contributed by atoms with Crippen LogP contribution in [0.25, 0.3) is 6.08 Å². The SMILES string of the molecule is C=C(/C(=C/CO)C(O)CC/C(C)=C/c1cc(C)c(O)c(C)c1)C(C)C. The maximum Gasteiger partial charge on any atom is 0.121 e. The number of phenols is 1. The molecule has 0 bridgehead atoms. The number of benzene rings is 1. The Kier molecular flexibility index (Phi) is 8.14. The highest BCUT2D eigenvalue weighted by molar-refractivity contribution is 5.57. The molecule has 0 aliphatic heterocycles. The number of aliphatic hydroxyl groups is 2. The summed E-state index contributed by atoms with van der Waals surface area (Å²) >= 11 is 0. The number of rotatable bonds is 8. The van der Waals surface area contributed by atoms with E-state index in [1.165, 1.54) is 0 Å². The maximum absolute atomic E-state index is 10.5. The summed E-state index contributed by atoms with van der Waals surface area (Å²) in [6.07, 6.45) is 4.43. The molecule has 0 saturated heterocycles. The summed E-state index contributed by atoms with van der Waals surface area (Å²) in [6, 6.07) is 3.92. The van der Waals surface area contributed by atoms with E-state index in [0.717, 1.165) is 39.8 Å². The molecule has 3 N–H and O–H groups in total. The number of hydrogen-bond acceptors (Lipinski definition) is 3. The summed E-state index contributed by atoms with van der Waals surface area (Å²) in [4.78, 5) is 0. The molecular formula is C22H32O3. The van der Waals surface area contributed by atoms with Crippen molar-refractivity contribution in [1.82, 2.24) is 0 Å². The molecular weight excluding hydrogens is 312 g/mol. The predicted molar refractivity (Wildman–Crippen MR) is 106 cm³/mol. The zero-order valence-corrected chi connectivity index (χ0v) is 16.1. The van der Waals surface area contributed by atoms with E-state index >= 15 is 0 Å². The van der Waals surface area contributed by atoms with Crippen LogP contribution in [0.3, 0.4) is 0 Å². The Morgan fingerprint density at radius 1 is 1.20 bits per heavy atom. The van der Waals surface area contributed by atoms with E-state index in [4.69, 9.17) is 0 Å². The Morgan fingerprint density at radius 3 is 2.24 bits per heavy atom. The van der Waals surface area contributed by atoms with Crippen LogP contribution in [0.2, 0.25) is 0 Å². The van der Waals surface area contributed by atoms with Gasteiger partial charge in [0.1, 0.15) is 5.75 Å². The monoisotopic (exact) mass is 344 g/mol. The van der Waals surface area contributed by atoms with E-state index < -0.39 is 6.10 Å². The number of aromatic hydroxyl groups is 1. The molecule has 3 nitrogen and oxygen atoms in total. The summed E-state index contributed by atoms with van der Waals surface area (Å²) in [5, 5.41) is 29.6. The molecule has 1 aromatic rings. The minimum Gasteiger partial charge on any atom is -0.507 e. The first-order valence-corrected chi connectivity index (χ1v) is 8.82. The molecule has 3 heteroatoms. The van der Waals surface area contributed by atoms with E-state index in [1.807, 2.05) is 46.8 Å². The fraction of sp³-hybridized carbons (Fsp3) is 0.455. The summed E-state index contributed by atoms with van der Waals surface area (Å²) in [5.74, 6) is 0.572. The van der Waals surface area contributed by atoms with Gasteiger partial charge >= 0.3 is 0 Å². The van der Waals surface area contributed by atoms with Crippen LogP contribution in [0.1, 0.15) is 50.3 Å². The number of aliphatic hydroxyl groups excluding tert-OH is 2. The third-order valence-electron chi connectivity index (χ3n) is 4.48. The smallest absolute Gasteiger partial charge is 0.121 e. The molecule has 0 radical (unpaired) electrons. The third-order valence-corrected chi connectivity index (χ3v) is 4.48. The van der Waals surface area contributed by atoms with E-state index in [1.54, 1.807) is 6.08 Å². The van der Waals surface area contributed by atoms with Gasteiger partial charge in [0.15, 0.2) is 0 Å². The molecule has 0 aliphatic rings. The lowest BCUT2D eigenvalue weighted by molar-refractivity contribution is 0.199. The highest BCUT2D eigenvalue weighted by Gasteiger charge is 2.16. The molecule has 138 valence electrons. The molecule has 1 unspecified atom stereocenters. The number of phenolic OH excluding ortho intramolecular Hbond substituents is 1. The van der Waals surface area contributed by atoms with Gasteiger partial charge in [0.2, 0.25) is 0 Å². The molecule has 1 rings (SSSR count). The van der Waals surface area contributed by atoms with Crippen molar-refractivity contribution < 1.29 is 15.3 Å². The molecule has 0 aliphatic carbocycles. The lowest BCUT2D eigenvalue weighted by Gasteiger charge is -2.20. The van der Waals surface area contributed by atoms with Crippen molar-refractivity contribution in [3.8, 4) is 5.75 Å². The molecule has 0 spiro atoms. The Labute approximate surface area is 152 Å². The maximum atomic E-state index is 10.5. The van der Waals surface area contributed by atoms with Crippen LogP contribution in [0.4, 0.5) is 0 Å². The Hall–Kier alpha value is -1.84. The molecule has 1 atom stereocenters. The van der Waals surface area contributed by atoms with Gasteiger partial charge in [0.05, 0.1) is 12.7 Å². The molecule has 0 aromatic heterocycles. The first-order chi connectivity index (χ1) is 11.7. The lowest BCUT2D eigenvalue weighted by atomic mass is 9.90. The van der Waals surface area contributed by atoms with Crippen LogP contribution in [0.15, 0.2) is 41.5 Å². The minimum absolute atomic E-state index is 0.0982. The van der Waals surface area contributed by atoms with Crippen molar-refractivity contribution in [3.63, 3.8) is 0 Å². The first kappa shape index (κ1) is 21.2. The standard InChI is InChI=1S/C22H32O3/c1-14(2)18(6)20(9-10-23)21(24)8-7-15(3)11-19-12-16(4)22(25)17(5)13-19/h9,11-14,21,23-25H,6-8,10H2,1-5H3/b15-11+,20-9-. The first-order valence-electron chi connectivity index (χ1n) is 8.82. The second-order valence-corrected chi connectivity index (χ2v) is 7.07. The minimum atomic E-state index is -0.631. The fourth-order valence-electron chi connectivity index (χ4n) is 2.86. The summed E-state index contributed by atoms with van der Waals surface area (Å²) in [7, 11) is 0. The average Bonchev–Trinajstić information content (AvgIpc) is 2.54. The van der Waals surface area contributed by atoms with E-state index in [-0.39, 0.29) is 12.5 Å². The van der Waals surface area contributed by atoms with Crippen molar-refractivity contribution in [3.05, 3.63) is 58.2 Å². The third kappa shape index (κ3) is 6.18.